The van der Waals surface area contributed by atoms with E-state index in [1.165, 1.54) is 6.20 Å². The molecule has 0 amide bonds. The number of aromatic nitrogens is 2. The van der Waals surface area contributed by atoms with Gasteiger partial charge in [-0.15, -0.1) is 0 Å². The van der Waals surface area contributed by atoms with Crippen LogP contribution in [0.5, 0.6) is 0 Å². The van der Waals surface area contributed by atoms with Gasteiger partial charge < -0.3 is 5.43 Å². The van der Waals surface area contributed by atoms with E-state index < -0.39 is 0 Å². The summed E-state index contributed by atoms with van der Waals surface area (Å²) in [5.74, 6) is 5.33. The quantitative estimate of drug-likeness (QED) is 0.499. The fourth-order valence-electron chi connectivity index (χ4n) is 0.443. The number of nitrogens with zero attached hydrogens (tertiary/aromatic N) is 2. The third kappa shape index (κ3) is 1.47. The fourth-order valence-corrected chi connectivity index (χ4v) is 0.814. The van der Waals surface area contributed by atoms with E-state index in [1.54, 1.807) is 0 Å². The van der Waals surface area contributed by atoms with Gasteiger partial charge in [-0.3, -0.25) is 0 Å². The van der Waals surface area contributed by atoms with Crippen LogP contribution in [0.1, 0.15) is 0 Å². The Morgan fingerprint density at radius 3 is 2.70 bits per heavy atom. The number of hydrogen-bond donors (Lipinski definition) is 2. The summed E-state index contributed by atoms with van der Waals surface area (Å²) in [5.41, 5.74) is 2.26. The van der Waals surface area contributed by atoms with Crippen LogP contribution in [-0.4, -0.2) is 9.97 Å². The van der Waals surface area contributed by atoms with Crippen LogP contribution >= 0.6 is 23.2 Å². The molecule has 0 unspecified atom stereocenters. The Hall–Kier alpha value is -0.580. The zero-order valence-electron chi connectivity index (χ0n) is 4.81. The van der Waals surface area contributed by atoms with Crippen LogP contribution in [0.25, 0.3) is 0 Å². The molecule has 0 saturated heterocycles. The first-order valence-electron chi connectivity index (χ1n) is 2.38. The highest BCUT2D eigenvalue weighted by atomic mass is 35.5. The van der Waals surface area contributed by atoms with Crippen LogP contribution in [0.3, 0.4) is 0 Å². The van der Waals surface area contributed by atoms with Crippen LogP contribution in [-0.2, 0) is 0 Å². The molecule has 54 valence electrons. The molecule has 10 heavy (non-hydrogen) atoms. The number of anilines is 1. The second-order valence-electron chi connectivity index (χ2n) is 1.48. The van der Waals surface area contributed by atoms with Crippen molar-refractivity contribution in [2.75, 3.05) is 5.43 Å². The minimum absolute atomic E-state index is 0.162. The van der Waals surface area contributed by atoms with Crippen LogP contribution < -0.4 is 11.3 Å². The Morgan fingerprint density at radius 2 is 2.20 bits per heavy atom. The maximum absolute atomic E-state index is 5.53. The molecule has 6 heteroatoms. The summed E-state index contributed by atoms with van der Waals surface area (Å²) in [5, 5.41) is 0.402. The number of rotatable bonds is 1. The van der Waals surface area contributed by atoms with E-state index in [-0.39, 0.29) is 10.3 Å². The predicted molar refractivity (Wildman–Crippen MR) is 39.9 cm³/mol. The molecule has 0 radical (unpaired) electrons. The number of nitrogens with two attached hydrogens (primary N) is 1. The van der Waals surface area contributed by atoms with Gasteiger partial charge in [-0.1, -0.05) is 23.2 Å². The maximum atomic E-state index is 5.53. The molecular formula is C4H4Cl2N4. The molecule has 0 aliphatic rings. The molecule has 1 rings (SSSR count). The van der Waals surface area contributed by atoms with Gasteiger partial charge in [-0.2, -0.15) is 0 Å². The average molecular weight is 179 g/mol. The van der Waals surface area contributed by atoms with E-state index in [2.05, 4.69) is 15.4 Å². The molecule has 0 spiro atoms. The minimum Gasteiger partial charge on any atom is -0.306 e. The third-order valence-corrected chi connectivity index (χ3v) is 1.28. The molecule has 0 atom stereocenters. The predicted octanol–water partition coefficient (Wildman–Crippen LogP) is 1.07. The van der Waals surface area contributed by atoms with Gasteiger partial charge in [-0.05, 0) is 0 Å². The van der Waals surface area contributed by atoms with Crippen LogP contribution in [0, 0.1) is 0 Å². The summed E-state index contributed by atoms with van der Waals surface area (Å²) >= 11 is 11.0. The Balaban J connectivity index is 3.07. The maximum Gasteiger partial charge on any atom is 0.178 e. The summed E-state index contributed by atoms with van der Waals surface area (Å²) in [6.07, 6.45) is 1.35. The lowest BCUT2D eigenvalue weighted by atomic mass is 10.7. The lowest BCUT2D eigenvalue weighted by Crippen LogP contribution is -2.09. The van der Waals surface area contributed by atoms with Gasteiger partial charge >= 0.3 is 0 Å². The number of hydrogen-bond acceptors (Lipinski definition) is 4. The van der Waals surface area contributed by atoms with E-state index in [0.717, 1.165) is 0 Å². The Morgan fingerprint density at radius 1 is 1.50 bits per heavy atom. The Labute approximate surface area is 67.3 Å². The zero-order chi connectivity index (χ0) is 7.56. The zero-order valence-corrected chi connectivity index (χ0v) is 6.32. The molecule has 3 N–H and O–H groups in total. The van der Waals surface area contributed by atoms with Gasteiger partial charge in [0, 0.05) is 0 Å². The number of nitrogens with one attached hydrogen (secondary N) is 1. The van der Waals surface area contributed by atoms with Crippen molar-refractivity contribution in [1.82, 2.24) is 9.97 Å². The van der Waals surface area contributed by atoms with Gasteiger partial charge in [0.25, 0.3) is 0 Å². The van der Waals surface area contributed by atoms with Crippen molar-refractivity contribution >= 4 is 29.0 Å². The van der Waals surface area contributed by atoms with Crippen LogP contribution in [0.4, 0.5) is 5.82 Å². The second kappa shape index (κ2) is 3.01. The first-order valence-corrected chi connectivity index (χ1v) is 3.14. The normalized spacial score (nSPS) is 9.50. The van der Waals surface area contributed by atoms with Gasteiger partial charge in [0.15, 0.2) is 11.0 Å². The molecule has 0 aromatic carbocycles. The Kier molecular flexibility index (Phi) is 2.26. The molecule has 4 nitrogen and oxygen atoms in total. The van der Waals surface area contributed by atoms with E-state index in [9.17, 15) is 0 Å². The smallest absolute Gasteiger partial charge is 0.178 e. The van der Waals surface area contributed by atoms with Crippen molar-refractivity contribution in [3.8, 4) is 0 Å². The third-order valence-electron chi connectivity index (χ3n) is 0.837. The van der Waals surface area contributed by atoms with Crippen molar-refractivity contribution in [3.05, 3.63) is 16.5 Å². The van der Waals surface area contributed by atoms with Gasteiger partial charge in [-0.25, -0.2) is 15.8 Å². The first kappa shape index (κ1) is 7.53. The van der Waals surface area contributed by atoms with Crippen LogP contribution in [0.15, 0.2) is 6.20 Å². The minimum atomic E-state index is 0.162. The fraction of sp³-hybridized carbons (Fsp3) is 0. The lowest BCUT2D eigenvalue weighted by Gasteiger charge is -1.98. The molecule has 0 fully saturated rings. The van der Waals surface area contributed by atoms with Crippen molar-refractivity contribution < 1.29 is 0 Å². The highest BCUT2D eigenvalue weighted by Crippen LogP contribution is 2.16. The van der Waals surface area contributed by atoms with Gasteiger partial charge in [0.1, 0.15) is 5.15 Å². The first-order chi connectivity index (χ1) is 4.74. The van der Waals surface area contributed by atoms with E-state index >= 15 is 0 Å². The van der Waals surface area contributed by atoms with E-state index in [4.69, 9.17) is 29.0 Å². The topological polar surface area (TPSA) is 63.8 Å². The monoisotopic (exact) mass is 178 g/mol. The molecular weight excluding hydrogens is 175 g/mol. The summed E-state index contributed by atoms with van der Waals surface area (Å²) in [6.45, 7) is 0. The molecule has 0 bridgehead atoms. The molecule has 0 aliphatic heterocycles. The highest BCUT2D eigenvalue weighted by molar-refractivity contribution is 6.33. The van der Waals surface area contributed by atoms with Crippen LogP contribution in [0.2, 0.25) is 10.3 Å². The van der Waals surface area contributed by atoms with Gasteiger partial charge in [0.05, 0.1) is 6.20 Å². The van der Waals surface area contributed by atoms with Gasteiger partial charge in [0.2, 0.25) is 0 Å². The second-order valence-corrected chi connectivity index (χ2v) is 2.22. The van der Waals surface area contributed by atoms with E-state index in [1.807, 2.05) is 0 Å². The molecule has 0 saturated carbocycles. The largest absolute Gasteiger partial charge is 0.306 e. The van der Waals surface area contributed by atoms with Crippen molar-refractivity contribution in [1.29, 1.82) is 0 Å². The number of halogens is 2. The highest BCUT2D eigenvalue weighted by Gasteiger charge is 2.00. The lowest BCUT2D eigenvalue weighted by molar-refractivity contribution is 1.16. The molecule has 1 aromatic heterocycles. The average Bonchev–Trinajstić information content (AvgIpc) is 1.88. The number of hydrazine groups is 1. The van der Waals surface area contributed by atoms with Crippen molar-refractivity contribution in [3.63, 3.8) is 0 Å². The molecule has 1 aromatic rings. The molecule has 0 aliphatic carbocycles. The van der Waals surface area contributed by atoms with E-state index in [0.29, 0.717) is 5.82 Å². The van der Waals surface area contributed by atoms with Crippen molar-refractivity contribution in [2.45, 2.75) is 0 Å². The summed E-state index contributed by atoms with van der Waals surface area (Å²) < 4.78 is 0. The summed E-state index contributed by atoms with van der Waals surface area (Å²) in [6, 6.07) is 0. The standard InChI is InChI=1S/C4H4Cl2N4/c5-2-1-8-4(10-7)3(6)9-2/h1H,7H2,(H,8,10). The SMILES string of the molecule is NNc1ncc(Cl)nc1Cl. The number of nitrogen functional groups attached to an aromatic ring is 1. The Bertz CT molecular complexity index is 239. The molecule has 1 heterocycles. The summed E-state index contributed by atoms with van der Waals surface area (Å²) in [4.78, 5) is 7.40. The van der Waals surface area contributed by atoms with Crippen molar-refractivity contribution in [2.24, 2.45) is 5.84 Å². The summed E-state index contributed by atoms with van der Waals surface area (Å²) in [7, 11) is 0.